The third kappa shape index (κ3) is 9.79. The van der Waals surface area contributed by atoms with E-state index >= 15 is 0 Å². The van der Waals surface area contributed by atoms with Gasteiger partial charge in [0.2, 0.25) is 0 Å². The summed E-state index contributed by atoms with van der Waals surface area (Å²) in [7, 11) is -7.56. The molecule has 1 heterocycles. The second-order valence-electron chi connectivity index (χ2n) is 11.4. The van der Waals surface area contributed by atoms with Gasteiger partial charge >= 0.3 is 5.97 Å². The van der Waals surface area contributed by atoms with Gasteiger partial charge in [-0.25, -0.2) is 4.79 Å². The van der Waals surface area contributed by atoms with Crippen LogP contribution in [0.5, 0.6) is 0 Å². The van der Waals surface area contributed by atoms with Crippen LogP contribution in [0, 0.1) is 0 Å². The molecular formula is C18H42O6Si4. The Morgan fingerprint density at radius 2 is 1.29 bits per heavy atom. The largest absolute Gasteiger partial charge is 0.455 e. The van der Waals surface area contributed by atoms with E-state index < -0.39 is 51.6 Å². The van der Waals surface area contributed by atoms with Gasteiger partial charge in [0.25, 0.3) is 0 Å². The Hall–Kier alpha value is 0.178. The molecule has 0 aromatic heterocycles. The molecule has 0 saturated carbocycles. The Morgan fingerprint density at radius 3 is 1.68 bits per heavy atom. The summed E-state index contributed by atoms with van der Waals surface area (Å²) in [5.41, 5.74) is 0. The molecule has 0 aliphatic carbocycles. The minimum absolute atomic E-state index is 0.340. The van der Waals surface area contributed by atoms with E-state index in [0.29, 0.717) is 6.61 Å². The number of ether oxygens (including phenoxy) is 1. The molecule has 0 unspecified atom stereocenters. The first-order chi connectivity index (χ1) is 12.3. The van der Waals surface area contributed by atoms with E-state index in [1.54, 1.807) is 0 Å². The molecule has 0 N–H and O–H groups in total. The summed E-state index contributed by atoms with van der Waals surface area (Å²) < 4.78 is 31.1. The molecule has 0 radical (unpaired) electrons. The molecule has 1 fully saturated rings. The van der Waals surface area contributed by atoms with Crippen molar-refractivity contribution >= 4 is 39.2 Å². The number of esters is 1. The monoisotopic (exact) mass is 466 g/mol. The lowest BCUT2D eigenvalue weighted by Crippen LogP contribution is -2.53. The smallest absolute Gasteiger partial charge is 0.337 e. The Balaban J connectivity index is 3.20. The van der Waals surface area contributed by atoms with Crippen molar-refractivity contribution in [2.75, 3.05) is 6.61 Å². The van der Waals surface area contributed by atoms with Gasteiger partial charge < -0.3 is 22.4 Å². The van der Waals surface area contributed by atoms with Gasteiger partial charge in [-0.3, -0.25) is 0 Å². The lowest BCUT2D eigenvalue weighted by atomic mass is 10.1. The van der Waals surface area contributed by atoms with E-state index in [1.165, 1.54) is 0 Å². The normalized spacial score (nSPS) is 25.7. The summed E-state index contributed by atoms with van der Waals surface area (Å²) in [5, 5.41) is 0. The number of hydrogen-bond donors (Lipinski definition) is 0. The fourth-order valence-electron chi connectivity index (χ4n) is 2.88. The second kappa shape index (κ2) is 9.12. The molecule has 0 aromatic carbocycles. The minimum atomic E-state index is -1.96. The Bertz CT molecular complexity index is 530. The van der Waals surface area contributed by atoms with Crippen LogP contribution in [0.4, 0.5) is 0 Å². The second-order valence-corrected chi connectivity index (χ2v) is 29.3. The first kappa shape index (κ1) is 26.2. The molecule has 0 amide bonds. The highest BCUT2D eigenvalue weighted by atomic mass is 28.4. The SMILES string of the molecule is C[Si](C)(C)OC[C@@H](O[Si](C)(C)C)[C@H]1OC(=O)[C@@H](O[Si](C)(C)C)[C@@H]1O[Si](C)(C)C. The zero-order valence-electron chi connectivity index (χ0n) is 20.0. The molecule has 28 heavy (non-hydrogen) atoms. The summed E-state index contributed by atoms with van der Waals surface area (Å²) in [6.45, 7) is 25.8. The van der Waals surface area contributed by atoms with Crippen molar-refractivity contribution in [2.45, 2.75) is 103 Å². The third-order valence-electron chi connectivity index (χ3n) is 3.63. The molecule has 0 spiro atoms. The van der Waals surface area contributed by atoms with Gasteiger partial charge in [0.15, 0.2) is 45.5 Å². The molecule has 1 rings (SSSR count). The topological polar surface area (TPSA) is 63.2 Å². The van der Waals surface area contributed by atoms with Crippen molar-refractivity contribution in [3.05, 3.63) is 0 Å². The average Bonchev–Trinajstić information content (AvgIpc) is 2.66. The Kier molecular flexibility index (Phi) is 8.54. The first-order valence-electron chi connectivity index (χ1n) is 10.2. The average molecular weight is 467 g/mol. The van der Waals surface area contributed by atoms with Crippen LogP contribution in [-0.4, -0.2) is 70.3 Å². The van der Waals surface area contributed by atoms with Crippen LogP contribution >= 0.6 is 0 Å². The highest BCUT2D eigenvalue weighted by Gasteiger charge is 2.53. The van der Waals surface area contributed by atoms with Crippen LogP contribution < -0.4 is 0 Å². The predicted molar refractivity (Wildman–Crippen MR) is 124 cm³/mol. The summed E-state index contributed by atoms with van der Waals surface area (Å²) in [6, 6.07) is 0. The van der Waals surface area contributed by atoms with Crippen molar-refractivity contribution in [2.24, 2.45) is 0 Å². The summed E-state index contributed by atoms with van der Waals surface area (Å²) in [4.78, 5) is 12.8. The van der Waals surface area contributed by atoms with E-state index in [0.717, 1.165) is 0 Å². The van der Waals surface area contributed by atoms with Gasteiger partial charge in [0.05, 0.1) is 6.61 Å². The Morgan fingerprint density at radius 1 is 0.786 bits per heavy atom. The first-order valence-corrected chi connectivity index (χ1v) is 23.8. The number of carbonyl (C=O) groups excluding carboxylic acids is 1. The van der Waals surface area contributed by atoms with Gasteiger partial charge in [-0.1, -0.05) is 0 Å². The number of hydrogen-bond acceptors (Lipinski definition) is 6. The van der Waals surface area contributed by atoms with Crippen LogP contribution in [-0.2, 0) is 27.2 Å². The molecule has 1 aliphatic heterocycles. The third-order valence-corrected chi connectivity index (χ3v) is 7.61. The standard InChI is InChI=1S/C18H42O6Si4/c1-25(2,3)20-13-14(22-26(4,5)6)15-16(23-27(7,8)9)17(18(19)21-15)24-28(10,11)12/h14-17H,13H2,1-12H3/t14-,15-,16-,17+/m1/s1. The molecule has 0 aromatic rings. The van der Waals surface area contributed by atoms with E-state index in [-0.39, 0.29) is 12.1 Å². The van der Waals surface area contributed by atoms with Crippen molar-refractivity contribution in [1.82, 2.24) is 0 Å². The fourth-order valence-corrected chi connectivity index (χ4v) is 6.72. The Labute approximate surface area is 176 Å². The predicted octanol–water partition coefficient (Wildman–Crippen LogP) is 4.42. The molecule has 1 aliphatic rings. The number of carbonyl (C=O) groups is 1. The van der Waals surface area contributed by atoms with E-state index in [2.05, 4.69) is 78.6 Å². The zero-order valence-corrected chi connectivity index (χ0v) is 24.0. The van der Waals surface area contributed by atoms with E-state index in [4.69, 9.17) is 22.4 Å². The van der Waals surface area contributed by atoms with Gasteiger partial charge in [-0.15, -0.1) is 0 Å². The zero-order chi connectivity index (χ0) is 22.1. The molecule has 6 nitrogen and oxygen atoms in total. The molecule has 166 valence electrons. The number of cyclic esters (lactones) is 1. The van der Waals surface area contributed by atoms with Crippen LogP contribution in [0.15, 0.2) is 0 Å². The highest BCUT2D eigenvalue weighted by Crippen LogP contribution is 2.31. The van der Waals surface area contributed by atoms with Gasteiger partial charge in [-0.05, 0) is 78.6 Å². The van der Waals surface area contributed by atoms with Crippen molar-refractivity contribution in [1.29, 1.82) is 0 Å². The van der Waals surface area contributed by atoms with Gasteiger partial charge in [0, 0.05) is 0 Å². The molecule has 4 atom stereocenters. The fraction of sp³-hybridized carbons (Fsp3) is 0.944. The van der Waals surface area contributed by atoms with Crippen LogP contribution in [0.1, 0.15) is 0 Å². The summed E-state index contributed by atoms with van der Waals surface area (Å²) in [6.07, 6.45) is -2.01. The lowest BCUT2D eigenvalue weighted by molar-refractivity contribution is -0.150. The minimum Gasteiger partial charge on any atom is -0.455 e. The van der Waals surface area contributed by atoms with Crippen LogP contribution in [0.25, 0.3) is 0 Å². The number of rotatable bonds is 10. The summed E-state index contributed by atoms with van der Waals surface area (Å²) in [5.74, 6) is -0.340. The molecule has 1 saturated heterocycles. The van der Waals surface area contributed by atoms with Crippen molar-refractivity contribution < 1.29 is 27.2 Å². The molecule has 10 heteroatoms. The van der Waals surface area contributed by atoms with Gasteiger partial charge in [-0.2, -0.15) is 0 Å². The maximum Gasteiger partial charge on any atom is 0.337 e. The van der Waals surface area contributed by atoms with Crippen LogP contribution in [0.3, 0.4) is 0 Å². The van der Waals surface area contributed by atoms with Crippen molar-refractivity contribution in [3.8, 4) is 0 Å². The maximum absolute atomic E-state index is 12.8. The van der Waals surface area contributed by atoms with Crippen molar-refractivity contribution in [3.63, 3.8) is 0 Å². The quantitative estimate of drug-likeness (QED) is 0.351. The van der Waals surface area contributed by atoms with Crippen LogP contribution in [0.2, 0.25) is 78.6 Å². The maximum atomic E-state index is 12.8. The van der Waals surface area contributed by atoms with E-state index in [9.17, 15) is 4.79 Å². The summed E-state index contributed by atoms with van der Waals surface area (Å²) >= 11 is 0. The lowest BCUT2D eigenvalue weighted by Gasteiger charge is -2.36. The van der Waals surface area contributed by atoms with E-state index in [1.807, 2.05) is 0 Å². The molecule has 0 bridgehead atoms. The highest BCUT2D eigenvalue weighted by molar-refractivity contribution is 6.71. The van der Waals surface area contributed by atoms with Gasteiger partial charge in [0.1, 0.15) is 12.2 Å². The molecular weight excluding hydrogens is 425 g/mol.